The summed E-state index contributed by atoms with van der Waals surface area (Å²) in [6.07, 6.45) is 4.49. The van der Waals surface area contributed by atoms with Crippen LogP contribution in [0.15, 0.2) is 29.3 Å². The number of hydrogen-bond donors (Lipinski definition) is 2. The molecule has 0 bridgehead atoms. The summed E-state index contributed by atoms with van der Waals surface area (Å²) >= 11 is 0. The van der Waals surface area contributed by atoms with E-state index >= 15 is 0 Å². The Hall–Kier alpha value is -1.71. The van der Waals surface area contributed by atoms with Crippen molar-refractivity contribution in [3.8, 4) is 11.5 Å². The molecule has 7 nitrogen and oxygen atoms in total. The van der Waals surface area contributed by atoms with E-state index in [2.05, 4.69) is 15.6 Å². The topological polar surface area (TPSA) is 81.2 Å². The normalized spacial score (nSPS) is 11.8. The molecule has 0 spiro atoms. The first-order valence-electron chi connectivity index (χ1n) is 9.99. The fourth-order valence-corrected chi connectivity index (χ4v) is 2.60. The van der Waals surface area contributed by atoms with E-state index in [-0.39, 0.29) is 36.0 Å². The summed E-state index contributed by atoms with van der Waals surface area (Å²) < 4.78 is 16.0. The average molecular weight is 521 g/mol. The molecular formula is C21H36IN3O4. The minimum atomic E-state index is -0.101. The lowest BCUT2D eigenvalue weighted by molar-refractivity contribution is -0.143. The van der Waals surface area contributed by atoms with E-state index in [1.54, 1.807) is 14.2 Å². The number of aliphatic imine (C=N–C) groups is 1. The van der Waals surface area contributed by atoms with Crippen molar-refractivity contribution in [2.24, 2.45) is 4.99 Å². The number of esters is 1. The molecular weight excluding hydrogens is 485 g/mol. The number of halogens is 1. The molecule has 0 saturated heterocycles. The lowest BCUT2D eigenvalue weighted by Gasteiger charge is -2.18. The van der Waals surface area contributed by atoms with Crippen LogP contribution >= 0.6 is 24.0 Å². The van der Waals surface area contributed by atoms with Crippen LogP contribution < -0.4 is 20.1 Å². The van der Waals surface area contributed by atoms with E-state index < -0.39 is 0 Å². The van der Waals surface area contributed by atoms with Crippen LogP contribution in [-0.4, -0.2) is 51.9 Å². The third-order valence-electron chi connectivity index (χ3n) is 4.06. The van der Waals surface area contributed by atoms with E-state index in [1.807, 2.05) is 38.1 Å². The number of ether oxygens (including phenoxy) is 3. The zero-order chi connectivity index (χ0) is 20.6. The zero-order valence-electron chi connectivity index (χ0n) is 18.0. The van der Waals surface area contributed by atoms with Crippen LogP contribution in [0.1, 0.15) is 46.0 Å². The second-order valence-corrected chi connectivity index (χ2v) is 6.46. The van der Waals surface area contributed by atoms with Crippen molar-refractivity contribution >= 4 is 35.9 Å². The Balaban J connectivity index is 0.00000784. The molecule has 0 radical (unpaired) electrons. The highest BCUT2D eigenvalue weighted by molar-refractivity contribution is 14.0. The van der Waals surface area contributed by atoms with Crippen LogP contribution in [0.4, 0.5) is 0 Å². The first kappa shape index (κ1) is 27.3. The number of nitrogens with zero attached hydrogens (tertiary/aromatic N) is 1. The lowest BCUT2D eigenvalue weighted by Crippen LogP contribution is -2.42. The summed E-state index contributed by atoms with van der Waals surface area (Å²) in [5.41, 5.74) is 0. The van der Waals surface area contributed by atoms with Gasteiger partial charge in [-0.15, -0.1) is 24.0 Å². The Bertz CT molecular complexity index is 599. The van der Waals surface area contributed by atoms with Crippen LogP contribution in [0.25, 0.3) is 0 Å². The Morgan fingerprint density at radius 2 is 1.86 bits per heavy atom. The maximum Gasteiger partial charge on any atom is 0.305 e. The molecule has 1 rings (SSSR count). The monoisotopic (exact) mass is 521 g/mol. The van der Waals surface area contributed by atoms with Crippen LogP contribution in [-0.2, 0) is 9.53 Å². The van der Waals surface area contributed by atoms with Gasteiger partial charge in [-0.1, -0.05) is 18.9 Å². The number of carbonyl (C=O) groups is 1. The number of rotatable bonds is 13. The van der Waals surface area contributed by atoms with E-state index in [0.717, 1.165) is 49.7 Å². The van der Waals surface area contributed by atoms with Gasteiger partial charge in [-0.2, -0.15) is 0 Å². The van der Waals surface area contributed by atoms with Gasteiger partial charge in [-0.05, 0) is 38.8 Å². The molecule has 1 unspecified atom stereocenters. The van der Waals surface area contributed by atoms with Crippen LogP contribution in [0.5, 0.6) is 11.5 Å². The number of methoxy groups -OCH3 is 1. The summed E-state index contributed by atoms with van der Waals surface area (Å²) in [4.78, 5) is 15.5. The smallest absolute Gasteiger partial charge is 0.305 e. The van der Waals surface area contributed by atoms with Crippen molar-refractivity contribution in [3.63, 3.8) is 0 Å². The van der Waals surface area contributed by atoms with Gasteiger partial charge in [0.05, 0.1) is 20.3 Å². The van der Waals surface area contributed by atoms with Crippen LogP contribution in [0.3, 0.4) is 0 Å². The second-order valence-electron chi connectivity index (χ2n) is 6.46. The molecule has 1 aromatic carbocycles. The van der Waals surface area contributed by atoms with Crippen molar-refractivity contribution in [1.29, 1.82) is 0 Å². The van der Waals surface area contributed by atoms with Gasteiger partial charge < -0.3 is 24.8 Å². The molecule has 29 heavy (non-hydrogen) atoms. The second kappa shape index (κ2) is 17.2. The Morgan fingerprint density at radius 3 is 2.55 bits per heavy atom. The molecule has 166 valence electrons. The largest absolute Gasteiger partial charge is 0.497 e. The molecule has 0 aliphatic heterocycles. The predicted octanol–water partition coefficient (Wildman–Crippen LogP) is 3.76. The minimum absolute atomic E-state index is 0. The van der Waals surface area contributed by atoms with Crippen LogP contribution in [0, 0.1) is 0 Å². The molecule has 0 amide bonds. The quantitative estimate of drug-likeness (QED) is 0.135. The Labute approximate surface area is 192 Å². The van der Waals surface area contributed by atoms with Gasteiger partial charge in [0.15, 0.2) is 5.96 Å². The molecule has 2 N–H and O–H groups in total. The zero-order valence-corrected chi connectivity index (χ0v) is 20.4. The van der Waals surface area contributed by atoms with Gasteiger partial charge in [-0.25, -0.2) is 0 Å². The molecule has 0 aliphatic carbocycles. The highest BCUT2D eigenvalue weighted by Gasteiger charge is 2.06. The molecule has 8 heteroatoms. The number of unbranched alkanes of at least 4 members (excludes halogenated alkanes) is 3. The number of carbonyl (C=O) groups excluding carboxylic acids is 1. The highest BCUT2D eigenvalue weighted by atomic mass is 127. The first-order chi connectivity index (χ1) is 13.6. The third-order valence-corrected chi connectivity index (χ3v) is 4.06. The van der Waals surface area contributed by atoms with Gasteiger partial charge in [-0.3, -0.25) is 9.79 Å². The van der Waals surface area contributed by atoms with Crippen molar-refractivity contribution in [2.75, 3.05) is 33.9 Å². The summed E-state index contributed by atoms with van der Waals surface area (Å²) in [5, 5.41) is 6.57. The number of benzene rings is 1. The SMILES string of the molecule is CCOC(=O)CCCCCCNC(=NC)NCC(C)Oc1cccc(OC)c1.I. The average Bonchev–Trinajstić information content (AvgIpc) is 2.69. The maximum atomic E-state index is 11.3. The van der Waals surface area contributed by atoms with Crippen molar-refractivity contribution < 1.29 is 19.0 Å². The van der Waals surface area contributed by atoms with Gasteiger partial charge in [0.25, 0.3) is 0 Å². The molecule has 0 saturated carbocycles. The van der Waals surface area contributed by atoms with Crippen LogP contribution in [0.2, 0.25) is 0 Å². The summed E-state index contributed by atoms with van der Waals surface area (Å²) in [5.74, 6) is 2.21. The number of guanidine groups is 1. The first-order valence-corrected chi connectivity index (χ1v) is 9.99. The maximum absolute atomic E-state index is 11.3. The van der Waals surface area contributed by atoms with Gasteiger partial charge in [0, 0.05) is 26.1 Å². The van der Waals surface area contributed by atoms with Crippen molar-refractivity contribution in [3.05, 3.63) is 24.3 Å². The summed E-state index contributed by atoms with van der Waals surface area (Å²) in [7, 11) is 3.39. The summed E-state index contributed by atoms with van der Waals surface area (Å²) in [6, 6.07) is 7.57. The molecule has 0 fully saturated rings. The molecule has 0 aliphatic rings. The third kappa shape index (κ3) is 13.2. The van der Waals surface area contributed by atoms with Gasteiger partial charge >= 0.3 is 5.97 Å². The van der Waals surface area contributed by atoms with E-state index in [9.17, 15) is 4.79 Å². The fraction of sp³-hybridized carbons (Fsp3) is 0.619. The molecule has 0 heterocycles. The fourth-order valence-electron chi connectivity index (χ4n) is 2.60. The minimum Gasteiger partial charge on any atom is -0.497 e. The number of hydrogen-bond acceptors (Lipinski definition) is 5. The standard InChI is InChI=1S/C21H35N3O4.HI/c1-5-27-20(25)13-8-6-7-9-14-23-21(22-3)24-16-17(2)28-19-12-10-11-18(15-19)26-4;/h10-12,15,17H,5-9,13-14,16H2,1-4H3,(H2,22,23,24);1H. The van der Waals surface area contributed by atoms with E-state index in [1.165, 1.54) is 0 Å². The lowest BCUT2D eigenvalue weighted by atomic mass is 10.1. The molecule has 0 aromatic heterocycles. The van der Waals surface area contributed by atoms with E-state index in [4.69, 9.17) is 14.2 Å². The van der Waals surface area contributed by atoms with Gasteiger partial charge in [0.2, 0.25) is 0 Å². The van der Waals surface area contributed by atoms with Crippen molar-refractivity contribution in [1.82, 2.24) is 10.6 Å². The van der Waals surface area contributed by atoms with Gasteiger partial charge in [0.1, 0.15) is 17.6 Å². The van der Waals surface area contributed by atoms with E-state index in [0.29, 0.717) is 19.6 Å². The predicted molar refractivity (Wildman–Crippen MR) is 128 cm³/mol. The van der Waals surface area contributed by atoms with Crippen molar-refractivity contribution in [2.45, 2.75) is 52.1 Å². The number of nitrogens with one attached hydrogen (secondary N) is 2. The molecule has 1 aromatic rings. The Morgan fingerprint density at radius 1 is 1.14 bits per heavy atom. The molecule has 1 atom stereocenters. The summed E-state index contributed by atoms with van der Waals surface area (Å²) in [6.45, 7) is 5.76. The Kier molecular flexibility index (Phi) is 16.2. The highest BCUT2D eigenvalue weighted by Crippen LogP contribution is 2.19.